The fourth-order valence-corrected chi connectivity index (χ4v) is 6.18. The Kier molecular flexibility index (Phi) is 5.02. The highest BCUT2D eigenvalue weighted by molar-refractivity contribution is 7.92. The van der Waals surface area contributed by atoms with E-state index in [1.165, 1.54) is 15.9 Å². The van der Waals surface area contributed by atoms with Crippen molar-refractivity contribution in [3.63, 3.8) is 0 Å². The smallest absolute Gasteiger partial charge is 0.264 e. The van der Waals surface area contributed by atoms with Crippen LogP contribution in [0.25, 0.3) is 0 Å². The zero-order chi connectivity index (χ0) is 21.4. The Morgan fingerprint density at radius 1 is 0.903 bits per heavy atom. The molecule has 6 heteroatoms. The molecule has 3 aromatic carbocycles. The van der Waals surface area contributed by atoms with Gasteiger partial charge in [0, 0.05) is 12.1 Å². The molecule has 1 atom stereocenters. The van der Waals surface area contributed by atoms with E-state index in [9.17, 15) is 13.2 Å². The number of carbonyl (C=O) groups is 1. The molecule has 1 aliphatic carbocycles. The van der Waals surface area contributed by atoms with Gasteiger partial charge in [0.25, 0.3) is 15.9 Å². The van der Waals surface area contributed by atoms with E-state index >= 15 is 0 Å². The molecule has 0 aromatic heterocycles. The van der Waals surface area contributed by atoms with Crippen LogP contribution < -0.4 is 9.62 Å². The van der Waals surface area contributed by atoms with Crippen molar-refractivity contribution in [2.45, 2.75) is 36.6 Å². The Balaban J connectivity index is 1.40. The molecular weight excluding hydrogens is 408 g/mol. The zero-order valence-corrected chi connectivity index (χ0v) is 17.9. The second-order valence-electron chi connectivity index (χ2n) is 8.10. The number of anilines is 1. The van der Waals surface area contributed by atoms with Gasteiger partial charge in [0.1, 0.15) is 0 Å². The number of rotatable bonds is 4. The summed E-state index contributed by atoms with van der Waals surface area (Å²) in [5.74, 6) is -0.249. The molecular formula is C25H24N2O3S. The van der Waals surface area contributed by atoms with E-state index < -0.39 is 10.0 Å². The van der Waals surface area contributed by atoms with Crippen molar-refractivity contribution in [2.24, 2.45) is 0 Å². The van der Waals surface area contributed by atoms with Gasteiger partial charge in [0.2, 0.25) is 0 Å². The van der Waals surface area contributed by atoms with Gasteiger partial charge in [-0.25, -0.2) is 8.42 Å². The Morgan fingerprint density at radius 2 is 1.68 bits per heavy atom. The highest BCUT2D eigenvalue weighted by Crippen LogP contribution is 2.33. The van der Waals surface area contributed by atoms with Gasteiger partial charge < -0.3 is 5.32 Å². The van der Waals surface area contributed by atoms with Crippen molar-refractivity contribution < 1.29 is 13.2 Å². The topological polar surface area (TPSA) is 66.5 Å². The van der Waals surface area contributed by atoms with Gasteiger partial charge in [0.05, 0.1) is 16.6 Å². The largest absolute Gasteiger partial charge is 0.345 e. The lowest BCUT2D eigenvalue weighted by Crippen LogP contribution is -2.32. The van der Waals surface area contributed by atoms with E-state index in [2.05, 4.69) is 17.4 Å². The van der Waals surface area contributed by atoms with E-state index in [4.69, 9.17) is 0 Å². The third-order valence-corrected chi connectivity index (χ3v) is 8.01. The van der Waals surface area contributed by atoms with Crippen LogP contribution in [0, 0.1) is 0 Å². The fraction of sp³-hybridized carbons (Fsp3) is 0.240. The van der Waals surface area contributed by atoms with Crippen LogP contribution in [0.2, 0.25) is 0 Å². The molecule has 0 saturated heterocycles. The highest BCUT2D eigenvalue weighted by Gasteiger charge is 2.31. The second kappa shape index (κ2) is 7.85. The summed E-state index contributed by atoms with van der Waals surface area (Å²) in [6.07, 6.45) is 3.61. The Labute approximate surface area is 182 Å². The molecule has 1 aliphatic heterocycles. The molecule has 31 heavy (non-hydrogen) atoms. The van der Waals surface area contributed by atoms with Crippen molar-refractivity contribution in [3.8, 4) is 0 Å². The summed E-state index contributed by atoms with van der Waals surface area (Å²) < 4.78 is 28.1. The summed E-state index contributed by atoms with van der Waals surface area (Å²) in [4.78, 5) is 13.1. The van der Waals surface area contributed by atoms with Crippen LogP contribution in [0.5, 0.6) is 0 Å². The number of aryl methyl sites for hydroxylation is 1. The zero-order valence-electron chi connectivity index (χ0n) is 17.1. The number of fused-ring (bicyclic) bond motifs is 2. The molecule has 5 nitrogen and oxygen atoms in total. The molecule has 1 N–H and O–H groups in total. The van der Waals surface area contributed by atoms with E-state index in [0.29, 0.717) is 18.5 Å². The second-order valence-corrected chi connectivity index (χ2v) is 9.96. The molecule has 158 valence electrons. The summed E-state index contributed by atoms with van der Waals surface area (Å²) >= 11 is 0. The Morgan fingerprint density at radius 3 is 2.55 bits per heavy atom. The van der Waals surface area contributed by atoms with Gasteiger partial charge in [0.15, 0.2) is 0 Å². The SMILES string of the molecule is O=C(N[C@@H]1CCCc2ccccc21)c1cccc(S(=O)(=O)N2CCc3ccccc32)c1. The van der Waals surface area contributed by atoms with E-state index in [-0.39, 0.29) is 16.8 Å². The first-order valence-electron chi connectivity index (χ1n) is 10.6. The Hall–Kier alpha value is -3.12. The van der Waals surface area contributed by atoms with Gasteiger partial charge in [-0.15, -0.1) is 0 Å². The molecule has 2 aliphatic rings. The predicted octanol–water partition coefficient (Wildman–Crippen LogP) is 4.25. The molecule has 0 bridgehead atoms. The van der Waals surface area contributed by atoms with Crippen LogP contribution >= 0.6 is 0 Å². The lowest BCUT2D eigenvalue weighted by molar-refractivity contribution is 0.0932. The van der Waals surface area contributed by atoms with Gasteiger partial charge in [-0.05, 0) is 66.6 Å². The minimum Gasteiger partial charge on any atom is -0.345 e. The first-order valence-corrected chi connectivity index (χ1v) is 12.1. The average Bonchev–Trinajstić information content (AvgIpc) is 3.24. The number of hydrogen-bond acceptors (Lipinski definition) is 3. The number of carbonyl (C=O) groups excluding carboxylic acids is 1. The van der Waals surface area contributed by atoms with Gasteiger partial charge in [-0.2, -0.15) is 0 Å². The van der Waals surface area contributed by atoms with Gasteiger partial charge in [-0.3, -0.25) is 9.10 Å². The van der Waals surface area contributed by atoms with Crippen LogP contribution in [0.1, 0.15) is 45.9 Å². The van der Waals surface area contributed by atoms with Crippen molar-refractivity contribution >= 4 is 21.6 Å². The number of amides is 1. The van der Waals surface area contributed by atoms with E-state index in [0.717, 1.165) is 36.1 Å². The number of sulfonamides is 1. The standard InChI is InChI=1S/C25H24N2O3S/c28-25(26-23-13-6-9-18-7-1-3-12-22(18)23)20-10-5-11-21(17-20)31(29,30)27-16-15-19-8-2-4-14-24(19)27/h1-5,7-8,10-12,14,17,23H,6,9,13,15-16H2,(H,26,28)/t23-/m1/s1. The molecule has 0 saturated carbocycles. The van der Waals surface area contributed by atoms with E-state index in [1.807, 2.05) is 36.4 Å². The monoisotopic (exact) mass is 432 g/mol. The third kappa shape index (κ3) is 3.61. The Bertz CT molecular complexity index is 1250. The van der Waals surface area contributed by atoms with E-state index in [1.54, 1.807) is 18.2 Å². The average molecular weight is 433 g/mol. The normalized spacial score (nSPS) is 17.7. The highest BCUT2D eigenvalue weighted by atomic mass is 32.2. The number of para-hydroxylation sites is 1. The van der Waals surface area contributed by atoms with Crippen LogP contribution in [0.15, 0.2) is 77.7 Å². The maximum absolute atomic E-state index is 13.3. The molecule has 1 heterocycles. The molecule has 0 spiro atoms. The molecule has 3 aromatic rings. The van der Waals surface area contributed by atoms with Crippen LogP contribution in [-0.4, -0.2) is 20.9 Å². The minimum atomic E-state index is -3.74. The first kappa shape index (κ1) is 19.8. The maximum atomic E-state index is 13.3. The van der Waals surface area contributed by atoms with Crippen molar-refractivity contribution in [1.82, 2.24) is 5.32 Å². The van der Waals surface area contributed by atoms with Crippen molar-refractivity contribution in [1.29, 1.82) is 0 Å². The summed E-state index contributed by atoms with van der Waals surface area (Å²) in [7, 11) is -3.74. The summed E-state index contributed by atoms with van der Waals surface area (Å²) in [6.45, 7) is 0.414. The predicted molar refractivity (Wildman–Crippen MR) is 121 cm³/mol. The lowest BCUT2D eigenvalue weighted by Gasteiger charge is -2.26. The molecule has 1 amide bonds. The number of nitrogens with one attached hydrogen (secondary N) is 1. The van der Waals surface area contributed by atoms with Crippen LogP contribution in [0.3, 0.4) is 0 Å². The summed E-state index contributed by atoms with van der Waals surface area (Å²) in [5.41, 5.74) is 4.52. The maximum Gasteiger partial charge on any atom is 0.264 e. The quantitative estimate of drug-likeness (QED) is 0.670. The molecule has 0 unspecified atom stereocenters. The number of nitrogens with zero attached hydrogens (tertiary/aromatic N) is 1. The third-order valence-electron chi connectivity index (χ3n) is 6.20. The van der Waals surface area contributed by atoms with Crippen molar-refractivity contribution in [3.05, 3.63) is 95.1 Å². The van der Waals surface area contributed by atoms with Gasteiger partial charge in [-0.1, -0.05) is 48.5 Å². The number of benzene rings is 3. The molecule has 5 rings (SSSR count). The summed E-state index contributed by atoms with van der Waals surface area (Å²) in [6, 6.07) is 22.0. The minimum absolute atomic E-state index is 0.0526. The van der Waals surface area contributed by atoms with Crippen molar-refractivity contribution in [2.75, 3.05) is 10.8 Å². The number of hydrogen-bond donors (Lipinski definition) is 1. The van der Waals surface area contributed by atoms with Gasteiger partial charge >= 0.3 is 0 Å². The molecule has 0 radical (unpaired) electrons. The molecule has 0 fully saturated rings. The summed E-state index contributed by atoms with van der Waals surface area (Å²) in [5, 5.41) is 3.11. The fourth-order valence-electron chi connectivity index (χ4n) is 4.63. The van der Waals surface area contributed by atoms with Crippen LogP contribution in [-0.2, 0) is 22.9 Å². The van der Waals surface area contributed by atoms with Crippen LogP contribution in [0.4, 0.5) is 5.69 Å². The first-order chi connectivity index (χ1) is 15.0. The lowest BCUT2D eigenvalue weighted by atomic mass is 9.87.